The van der Waals surface area contributed by atoms with Gasteiger partial charge in [0, 0.05) is 0 Å². The standard InChI is InChI=1S/C11H14N2S/c1-7-5-11-10(13-8(2)14-11)6-9(7)3-4-12/h5-6H,3-4,12H2,1-2H3. The minimum absolute atomic E-state index is 0.704. The van der Waals surface area contributed by atoms with Gasteiger partial charge in [-0.2, -0.15) is 0 Å². The molecule has 0 aliphatic heterocycles. The minimum atomic E-state index is 0.704. The number of rotatable bonds is 2. The number of aromatic nitrogens is 1. The Balaban J connectivity index is 2.58. The smallest absolute Gasteiger partial charge is 0.0907 e. The Hall–Kier alpha value is -0.930. The highest BCUT2D eigenvalue weighted by Crippen LogP contribution is 2.25. The van der Waals surface area contributed by atoms with Gasteiger partial charge in [-0.1, -0.05) is 0 Å². The molecule has 0 amide bonds. The summed E-state index contributed by atoms with van der Waals surface area (Å²) in [5.74, 6) is 0. The van der Waals surface area contributed by atoms with Gasteiger partial charge in [0.05, 0.1) is 15.2 Å². The van der Waals surface area contributed by atoms with Crippen LogP contribution in [0.15, 0.2) is 12.1 Å². The van der Waals surface area contributed by atoms with Crippen LogP contribution in [0.5, 0.6) is 0 Å². The van der Waals surface area contributed by atoms with Crippen LogP contribution < -0.4 is 5.73 Å². The van der Waals surface area contributed by atoms with Gasteiger partial charge in [-0.3, -0.25) is 0 Å². The summed E-state index contributed by atoms with van der Waals surface area (Å²) in [4.78, 5) is 4.47. The number of nitrogens with two attached hydrogens (primary N) is 1. The van der Waals surface area contributed by atoms with E-state index in [1.807, 2.05) is 6.92 Å². The molecule has 2 N–H and O–H groups in total. The Morgan fingerprint density at radius 1 is 1.36 bits per heavy atom. The van der Waals surface area contributed by atoms with E-state index in [2.05, 4.69) is 24.0 Å². The van der Waals surface area contributed by atoms with E-state index in [0.29, 0.717) is 6.54 Å². The number of aryl methyl sites for hydroxylation is 2. The topological polar surface area (TPSA) is 38.9 Å². The molecule has 2 aromatic rings. The molecule has 2 nitrogen and oxygen atoms in total. The fourth-order valence-electron chi connectivity index (χ4n) is 1.66. The molecule has 1 heterocycles. The summed E-state index contributed by atoms with van der Waals surface area (Å²) in [6, 6.07) is 4.38. The van der Waals surface area contributed by atoms with Crippen molar-refractivity contribution < 1.29 is 0 Å². The highest BCUT2D eigenvalue weighted by molar-refractivity contribution is 7.18. The first-order valence-corrected chi connectivity index (χ1v) is 5.59. The molecule has 0 atom stereocenters. The van der Waals surface area contributed by atoms with Crippen molar-refractivity contribution in [1.82, 2.24) is 4.98 Å². The van der Waals surface area contributed by atoms with Gasteiger partial charge in [0.1, 0.15) is 0 Å². The van der Waals surface area contributed by atoms with Crippen LogP contribution in [-0.2, 0) is 6.42 Å². The molecule has 0 saturated heterocycles. The Morgan fingerprint density at radius 3 is 2.86 bits per heavy atom. The van der Waals surface area contributed by atoms with Crippen molar-refractivity contribution in [2.75, 3.05) is 6.54 Å². The van der Waals surface area contributed by atoms with Gasteiger partial charge < -0.3 is 5.73 Å². The molecule has 0 unspecified atom stereocenters. The zero-order chi connectivity index (χ0) is 10.1. The van der Waals surface area contributed by atoms with Gasteiger partial charge in [0.25, 0.3) is 0 Å². The van der Waals surface area contributed by atoms with Crippen LogP contribution in [0.1, 0.15) is 16.1 Å². The minimum Gasteiger partial charge on any atom is -0.330 e. The highest BCUT2D eigenvalue weighted by atomic mass is 32.1. The molecule has 3 heteroatoms. The molecular weight excluding hydrogens is 192 g/mol. The van der Waals surface area contributed by atoms with Crippen LogP contribution in [0, 0.1) is 13.8 Å². The van der Waals surface area contributed by atoms with Crippen LogP contribution in [-0.4, -0.2) is 11.5 Å². The quantitative estimate of drug-likeness (QED) is 0.819. The fraction of sp³-hybridized carbons (Fsp3) is 0.364. The molecule has 0 spiro atoms. The van der Waals surface area contributed by atoms with Crippen molar-refractivity contribution in [2.24, 2.45) is 5.73 Å². The Labute approximate surface area is 87.8 Å². The Bertz CT molecular complexity index is 460. The first-order chi connectivity index (χ1) is 6.70. The average Bonchev–Trinajstić information content (AvgIpc) is 2.45. The molecule has 1 aromatic heterocycles. The van der Waals surface area contributed by atoms with Gasteiger partial charge in [0.2, 0.25) is 0 Å². The van der Waals surface area contributed by atoms with Crippen molar-refractivity contribution in [3.8, 4) is 0 Å². The van der Waals surface area contributed by atoms with Crippen LogP contribution in [0.3, 0.4) is 0 Å². The van der Waals surface area contributed by atoms with Crippen molar-refractivity contribution in [3.05, 3.63) is 28.3 Å². The molecule has 0 aliphatic rings. The van der Waals surface area contributed by atoms with Crippen LogP contribution >= 0.6 is 11.3 Å². The Kier molecular flexibility index (Phi) is 2.52. The lowest BCUT2D eigenvalue weighted by atomic mass is 10.1. The zero-order valence-corrected chi connectivity index (χ0v) is 9.32. The van der Waals surface area contributed by atoms with Crippen molar-refractivity contribution in [1.29, 1.82) is 0 Å². The normalized spacial score (nSPS) is 11.1. The highest BCUT2D eigenvalue weighted by Gasteiger charge is 2.04. The maximum absolute atomic E-state index is 5.56. The van der Waals surface area contributed by atoms with E-state index in [1.54, 1.807) is 11.3 Å². The van der Waals surface area contributed by atoms with Crippen LogP contribution in [0.25, 0.3) is 10.2 Å². The second-order valence-electron chi connectivity index (χ2n) is 3.52. The summed E-state index contributed by atoms with van der Waals surface area (Å²) >= 11 is 1.75. The summed E-state index contributed by atoms with van der Waals surface area (Å²) in [5.41, 5.74) is 9.32. The van der Waals surface area contributed by atoms with E-state index in [0.717, 1.165) is 16.9 Å². The predicted molar refractivity (Wildman–Crippen MR) is 61.9 cm³/mol. The molecule has 14 heavy (non-hydrogen) atoms. The molecule has 2 rings (SSSR count). The second-order valence-corrected chi connectivity index (χ2v) is 4.75. The number of nitrogens with zero attached hydrogens (tertiary/aromatic N) is 1. The summed E-state index contributed by atoms with van der Waals surface area (Å²) in [7, 11) is 0. The second kappa shape index (κ2) is 3.67. The monoisotopic (exact) mass is 206 g/mol. The summed E-state index contributed by atoms with van der Waals surface area (Å²) in [6.45, 7) is 4.89. The van der Waals surface area contributed by atoms with E-state index in [4.69, 9.17) is 5.73 Å². The fourth-order valence-corrected chi connectivity index (χ4v) is 2.57. The first kappa shape index (κ1) is 9.62. The molecule has 0 aliphatic carbocycles. The maximum Gasteiger partial charge on any atom is 0.0907 e. The molecule has 0 radical (unpaired) electrons. The van der Waals surface area contributed by atoms with Crippen molar-refractivity contribution in [3.63, 3.8) is 0 Å². The lowest BCUT2D eigenvalue weighted by Gasteiger charge is -2.03. The SMILES string of the molecule is Cc1nc2cc(CCN)c(C)cc2s1. The van der Waals surface area contributed by atoms with Crippen molar-refractivity contribution in [2.45, 2.75) is 20.3 Å². The summed E-state index contributed by atoms with van der Waals surface area (Å²) in [6.07, 6.45) is 0.943. The molecule has 74 valence electrons. The number of thiazole rings is 1. The third kappa shape index (κ3) is 1.65. The largest absolute Gasteiger partial charge is 0.330 e. The lowest BCUT2D eigenvalue weighted by molar-refractivity contribution is 0.960. The average molecular weight is 206 g/mol. The van der Waals surface area contributed by atoms with Crippen LogP contribution in [0.2, 0.25) is 0 Å². The van der Waals surface area contributed by atoms with Gasteiger partial charge >= 0.3 is 0 Å². The van der Waals surface area contributed by atoms with Gasteiger partial charge in [0.15, 0.2) is 0 Å². The van der Waals surface area contributed by atoms with Crippen LogP contribution in [0.4, 0.5) is 0 Å². The molecular formula is C11H14N2S. The van der Waals surface area contributed by atoms with E-state index >= 15 is 0 Å². The van der Waals surface area contributed by atoms with E-state index in [-0.39, 0.29) is 0 Å². The number of fused-ring (bicyclic) bond motifs is 1. The van der Waals surface area contributed by atoms with Gasteiger partial charge in [-0.15, -0.1) is 11.3 Å². The van der Waals surface area contributed by atoms with Gasteiger partial charge in [-0.05, 0) is 50.1 Å². The van der Waals surface area contributed by atoms with E-state index < -0.39 is 0 Å². The third-order valence-corrected chi connectivity index (χ3v) is 3.30. The number of hydrogen-bond acceptors (Lipinski definition) is 3. The number of benzene rings is 1. The third-order valence-electron chi connectivity index (χ3n) is 2.37. The molecule has 0 bridgehead atoms. The molecule has 0 fully saturated rings. The number of hydrogen-bond donors (Lipinski definition) is 1. The summed E-state index contributed by atoms with van der Waals surface area (Å²) < 4.78 is 1.28. The van der Waals surface area contributed by atoms with Crippen molar-refractivity contribution >= 4 is 21.6 Å². The summed E-state index contributed by atoms with van der Waals surface area (Å²) in [5, 5.41) is 1.13. The van der Waals surface area contributed by atoms with Gasteiger partial charge in [-0.25, -0.2) is 4.98 Å². The first-order valence-electron chi connectivity index (χ1n) is 4.77. The lowest BCUT2D eigenvalue weighted by Crippen LogP contribution is -2.03. The Morgan fingerprint density at radius 2 is 2.14 bits per heavy atom. The predicted octanol–water partition coefficient (Wildman–Crippen LogP) is 2.41. The van der Waals surface area contributed by atoms with E-state index in [1.165, 1.54) is 15.8 Å². The van der Waals surface area contributed by atoms with E-state index in [9.17, 15) is 0 Å². The molecule has 0 saturated carbocycles. The maximum atomic E-state index is 5.56. The molecule has 1 aromatic carbocycles. The zero-order valence-electron chi connectivity index (χ0n) is 8.50.